The predicted octanol–water partition coefficient (Wildman–Crippen LogP) is 1.61. The summed E-state index contributed by atoms with van der Waals surface area (Å²) in [5.74, 6) is -8.20. The number of aromatic nitrogens is 1. The molecule has 2 aliphatic rings. The zero-order valence-corrected chi connectivity index (χ0v) is 21.3. The number of morpholine rings is 1. The van der Waals surface area contributed by atoms with Gasteiger partial charge in [0.25, 0.3) is 0 Å². The fourth-order valence-corrected chi connectivity index (χ4v) is 3.17. The number of nitrogens with one attached hydrogen (secondary N) is 1. The summed E-state index contributed by atoms with van der Waals surface area (Å²) in [6.45, 7) is 4.79. The van der Waals surface area contributed by atoms with Crippen LogP contribution in [0.3, 0.4) is 0 Å². The van der Waals surface area contributed by atoms with Crippen LogP contribution in [-0.2, 0) is 30.5 Å². The van der Waals surface area contributed by atoms with Crippen LogP contribution in [-0.4, -0.2) is 124 Å². The van der Waals surface area contributed by atoms with Crippen molar-refractivity contribution >= 4 is 23.8 Å². The van der Waals surface area contributed by atoms with Gasteiger partial charge >= 0.3 is 36.4 Å². The Morgan fingerprint density at radius 1 is 0.881 bits per heavy atom. The van der Waals surface area contributed by atoms with Crippen molar-refractivity contribution in [2.45, 2.75) is 37.2 Å². The Balaban J connectivity index is 0.000000660. The Kier molecular flexibility index (Phi) is 15.2. The van der Waals surface area contributed by atoms with Gasteiger partial charge in [-0.05, 0) is 17.7 Å². The number of hydrogen-bond donors (Lipinski definition) is 4. The molecule has 0 aliphatic carbocycles. The molecule has 12 nitrogen and oxygen atoms in total. The lowest BCUT2D eigenvalue weighted by molar-refractivity contribution is -0.193. The lowest BCUT2D eigenvalue weighted by Gasteiger charge is -2.36. The number of ether oxygens (including phenoxy) is 1. The summed E-state index contributed by atoms with van der Waals surface area (Å²) in [6.07, 6.45) is -11.4. The van der Waals surface area contributed by atoms with Crippen LogP contribution in [0.15, 0.2) is 24.5 Å². The maximum absolute atomic E-state index is 11.6. The third-order valence-corrected chi connectivity index (χ3v) is 5.00. The van der Waals surface area contributed by atoms with Gasteiger partial charge in [-0.25, -0.2) is 14.4 Å². The van der Waals surface area contributed by atoms with Gasteiger partial charge < -0.3 is 25.4 Å². The number of amides is 1. The minimum Gasteiger partial charge on any atom is -0.475 e. The number of carbonyl (C=O) groups is 4. The van der Waals surface area contributed by atoms with Crippen LogP contribution in [0.25, 0.3) is 0 Å². The van der Waals surface area contributed by atoms with Crippen molar-refractivity contribution < 1.29 is 78.7 Å². The summed E-state index contributed by atoms with van der Waals surface area (Å²) in [5.41, 5.74) is 1.27. The number of halogens is 9. The summed E-state index contributed by atoms with van der Waals surface area (Å²) < 4.78 is 101. The van der Waals surface area contributed by atoms with Crippen LogP contribution in [0.5, 0.6) is 0 Å². The van der Waals surface area contributed by atoms with Gasteiger partial charge in [-0.3, -0.25) is 19.6 Å². The van der Waals surface area contributed by atoms with Crippen molar-refractivity contribution in [3.05, 3.63) is 30.1 Å². The maximum atomic E-state index is 11.6. The monoisotopic (exact) mass is 632 g/mol. The number of carbonyl (C=O) groups excluding carboxylic acids is 1. The second-order valence-electron chi connectivity index (χ2n) is 8.08. The van der Waals surface area contributed by atoms with E-state index in [1.54, 1.807) is 7.05 Å². The molecule has 0 bridgehead atoms. The number of hydrogen-bond acceptors (Lipinski definition) is 8. The number of pyridine rings is 1. The van der Waals surface area contributed by atoms with E-state index in [9.17, 15) is 44.3 Å². The summed E-state index contributed by atoms with van der Waals surface area (Å²) in [5, 5.41) is 24.1. The van der Waals surface area contributed by atoms with E-state index < -0.39 is 36.4 Å². The fourth-order valence-electron chi connectivity index (χ4n) is 3.17. The second-order valence-corrected chi connectivity index (χ2v) is 8.08. The molecule has 3 heterocycles. The third-order valence-electron chi connectivity index (χ3n) is 5.00. The SMILES string of the molecule is CNC(=O)CN1CCO[C@H]2CN(Cc3ccncc3)C[C@H]21.O=C(O)C(F)(F)F.O=C(O)C(F)(F)F.O=C(O)C(F)(F)F. The highest BCUT2D eigenvalue weighted by Crippen LogP contribution is 2.24. The zero-order chi connectivity index (χ0) is 32.9. The molecule has 0 unspecified atom stereocenters. The van der Waals surface area contributed by atoms with E-state index in [-0.39, 0.29) is 12.0 Å². The molecule has 240 valence electrons. The number of carboxylic acids is 3. The van der Waals surface area contributed by atoms with Gasteiger partial charge in [0.05, 0.1) is 25.3 Å². The van der Waals surface area contributed by atoms with Gasteiger partial charge in [0.1, 0.15) is 0 Å². The lowest BCUT2D eigenvalue weighted by atomic mass is 10.1. The predicted molar refractivity (Wildman–Crippen MR) is 120 cm³/mol. The average Bonchev–Trinajstić information content (AvgIpc) is 3.27. The number of likely N-dealkylation sites (tertiary alicyclic amines) is 1. The molecule has 1 aromatic heterocycles. The summed E-state index contributed by atoms with van der Waals surface area (Å²) in [6, 6.07) is 4.41. The molecular weight excluding hydrogens is 607 g/mol. The smallest absolute Gasteiger partial charge is 0.475 e. The van der Waals surface area contributed by atoms with E-state index >= 15 is 0 Å². The Morgan fingerprint density at radius 2 is 1.31 bits per heavy atom. The molecular formula is C21H25F9N4O8. The van der Waals surface area contributed by atoms with Crippen molar-refractivity contribution in [2.75, 3.05) is 39.8 Å². The number of alkyl halides is 9. The average molecular weight is 632 g/mol. The molecule has 0 aromatic carbocycles. The normalized spacial score (nSPS) is 18.9. The highest BCUT2D eigenvalue weighted by molar-refractivity contribution is 5.77. The van der Waals surface area contributed by atoms with Crippen molar-refractivity contribution in [3.63, 3.8) is 0 Å². The van der Waals surface area contributed by atoms with E-state index in [0.717, 1.165) is 26.2 Å². The van der Waals surface area contributed by atoms with E-state index in [4.69, 9.17) is 34.4 Å². The standard InChI is InChI=1S/C15H22N4O2.3C2HF3O2/c1-16-15(20)11-19-6-7-21-14-10-18(9-13(14)19)8-12-2-4-17-5-3-12;3*3-2(4,5)1(6)7/h2-5,13-14H,6-11H2,1H3,(H,16,20);3*(H,6,7)/t13-,14+;;;/m1.../s1. The molecule has 21 heteroatoms. The molecule has 0 radical (unpaired) electrons. The van der Waals surface area contributed by atoms with Crippen molar-refractivity contribution in [2.24, 2.45) is 0 Å². The first-order valence-electron chi connectivity index (χ1n) is 11.2. The molecule has 0 saturated carbocycles. The van der Waals surface area contributed by atoms with Crippen molar-refractivity contribution in [1.29, 1.82) is 0 Å². The molecule has 42 heavy (non-hydrogen) atoms. The zero-order valence-electron chi connectivity index (χ0n) is 21.3. The number of rotatable bonds is 4. The largest absolute Gasteiger partial charge is 0.490 e. The van der Waals surface area contributed by atoms with Crippen LogP contribution < -0.4 is 5.32 Å². The van der Waals surface area contributed by atoms with E-state index in [0.29, 0.717) is 19.2 Å². The molecule has 0 spiro atoms. The van der Waals surface area contributed by atoms with Crippen LogP contribution in [0.2, 0.25) is 0 Å². The molecule has 1 aromatic rings. The van der Waals surface area contributed by atoms with E-state index in [1.807, 2.05) is 24.5 Å². The fraction of sp³-hybridized carbons (Fsp3) is 0.571. The van der Waals surface area contributed by atoms with Crippen LogP contribution in [0.1, 0.15) is 5.56 Å². The molecule has 3 rings (SSSR count). The van der Waals surface area contributed by atoms with Crippen LogP contribution in [0.4, 0.5) is 39.5 Å². The Bertz CT molecular complexity index is 967. The molecule has 2 aliphatic heterocycles. The Labute approximate surface area is 230 Å². The van der Waals surface area contributed by atoms with Gasteiger partial charge in [-0.15, -0.1) is 0 Å². The van der Waals surface area contributed by atoms with Gasteiger partial charge in [-0.1, -0.05) is 0 Å². The topological polar surface area (TPSA) is 170 Å². The van der Waals surface area contributed by atoms with Crippen molar-refractivity contribution in [3.8, 4) is 0 Å². The second kappa shape index (κ2) is 16.7. The maximum Gasteiger partial charge on any atom is 0.490 e. The quantitative estimate of drug-likeness (QED) is 0.356. The molecule has 2 fully saturated rings. The van der Waals surface area contributed by atoms with Gasteiger partial charge in [0, 0.05) is 45.6 Å². The Hall–Kier alpha value is -3.72. The third kappa shape index (κ3) is 15.3. The number of fused-ring (bicyclic) bond motifs is 1. The van der Waals surface area contributed by atoms with E-state index in [1.165, 1.54) is 5.56 Å². The molecule has 2 atom stereocenters. The minimum atomic E-state index is -5.08. The highest BCUT2D eigenvalue weighted by Gasteiger charge is 2.41. The van der Waals surface area contributed by atoms with Crippen LogP contribution >= 0.6 is 0 Å². The molecule has 2 saturated heterocycles. The van der Waals surface area contributed by atoms with Crippen LogP contribution in [0, 0.1) is 0 Å². The van der Waals surface area contributed by atoms with E-state index in [2.05, 4.69) is 20.1 Å². The van der Waals surface area contributed by atoms with Gasteiger partial charge in [0.2, 0.25) is 5.91 Å². The highest BCUT2D eigenvalue weighted by atomic mass is 19.4. The number of likely N-dealkylation sites (N-methyl/N-ethyl adjacent to an activating group) is 1. The van der Waals surface area contributed by atoms with Gasteiger partial charge in [-0.2, -0.15) is 39.5 Å². The van der Waals surface area contributed by atoms with Gasteiger partial charge in [0.15, 0.2) is 0 Å². The summed E-state index contributed by atoms with van der Waals surface area (Å²) in [4.78, 5) is 47.0. The molecule has 1 amide bonds. The Morgan fingerprint density at radius 3 is 1.69 bits per heavy atom. The lowest BCUT2D eigenvalue weighted by Crippen LogP contribution is -2.53. The minimum absolute atomic E-state index is 0.0724. The summed E-state index contributed by atoms with van der Waals surface area (Å²) in [7, 11) is 1.69. The molecule has 4 N–H and O–H groups in total. The number of nitrogens with zero attached hydrogens (tertiary/aromatic N) is 3. The summed E-state index contributed by atoms with van der Waals surface area (Å²) >= 11 is 0. The number of carboxylic acid groups (broad SMARTS) is 3. The first-order valence-corrected chi connectivity index (χ1v) is 11.2. The number of aliphatic carboxylic acids is 3. The van der Waals surface area contributed by atoms with Crippen molar-refractivity contribution in [1.82, 2.24) is 20.1 Å². The first-order chi connectivity index (χ1) is 19.1. The first kappa shape index (κ1) is 38.3.